The van der Waals surface area contributed by atoms with Gasteiger partial charge >= 0.3 is 0 Å². The maximum Gasteiger partial charge on any atom is 0.220 e. The van der Waals surface area contributed by atoms with Crippen LogP contribution >= 0.6 is 0 Å². The fourth-order valence-corrected chi connectivity index (χ4v) is 1.84. The quantitative estimate of drug-likeness (QED) is 0.853. The molecule has 4 nitrogen and oxygen atoms in total. The van der Waals surface area contributed by atoms with E-state index in [2.05, 4.69) is 5.32 Å². The Morgan fingerprint density at radius 2 is 2.14 bits per heavy atom. The summed E-state index contributed by atoms with van der Waals surface area (Å²) < 4.78 is 24.0. The molecule has 5 heteroatoms. The Bertz CT molecular complexity index is 569. The molecule has 1 aromatic heterocycles. The summed E-state index contributed by atoms with van der Waals surface area (Å²) in [4.78, 5) is 11.7. The van der Waals surface area contributed by atoms with Crippen LogP contribution in [0.4, 0.5) is 4.39 Å². The van der Waals surface area contributed by atoms with Crippen molar-refractivity contribution < 1.29 is 18.3 Å². The average Bonchev–Trinajstić information content (AvgIpc) is 2.99. The van der Waals surface area contributed by atoms with Crippen LogP contribution in [0.1, 0.15) is 19.1 Å². The highest BCUT2D eigenvalue weighted by molar-refractivity contribution is 5.76. The average molecular weight is 291 g/mol. The van der Waals surface area contributed by atoms with Crippen molar-refractivity contribution in [2.24, 2.45) is 0 Å². The monoisotopic (exact) mass is 291 g/mol. The number of para-hydroxylation sites is 1. The van der Waals surface area contributed by atoms with E-state index in [4.69, 9.17) is 9.15 Å². The van der Waals surface area contributed by atoms with Gasteiger partial charge in [-0.25, -0.2) is 4.39 Å². The molecule has 0 fully saturated rings. The third-order valence-corrected chi connectivity index (χ3v) is 2.93. The van der Waals surface area contributed by atoms with Gasteiger partial charge in [-0.05, 0) is 31.2 Å². The van der Waals surface area contributed by atoms with E-state index in [0.717, 1.165) is 5.76 Å². The molecule has 112 valence electrons. The second-order valence-electron chi connectivity index (χ2n) is 4.74. The van der Waals surface area contributed by atoms with E-state index in [9.17, 15) is 9.18 Å². The number of carbonyl (C=O) groups excluding carboxylic acids is 1. The van der Waals surface area contributed by atoms with Gasteiger partial charge in [0.05, 0.1) is 12.8 Å². The van der Waals surface area contributed by atoms with E-state index in [0.29, 0.717) is 19.4 Å². The highest BCUT2D eigenvalue weighted by Gasteiger charge is 2.10. The van der Waals surface area contributed by atoms with Crippen molar-refractivity contribution >= 4 is 5.91 Å². The lowest BCUT2D eigenvalue weighted by molar-refractivity contribution is -0.121. The molecule has 1 atom stereocenters. The lowest BCUT2D eigenvalue weighted by Gasteiger charge is -2.15. The molecule has 0 aliphatic carbocycles. The van der Waals surface area contributed by atoms with Gasteiger partial charge in [0.1, 0.15) is 11.9 Å². The third-order valence-electron chi connectivity index (χ3n) is 2.93. The van der Waals surface area contributed by atoms with Crippen LogP contribution in [-0.4, -0.2) is 18.6 Å². The van der Waals surface area contributed by atoms with Crippen molar-refractivity contribution in [3.8, 4) is 5.75 Å². The van der Waals surface area contributed by atoms with Crippen molar-refractivity contribution in [1.82, 2.24) is 5.32 Å². The number of benzene rings is 1. The zero-order valence-electron chi connectivity index (χ0n) is 11.8. The highest BCUT2D eigenvalue weighted by Crippen LogP contribution is 2.16. The number of nitrogens with one attached hydrogen (secondary N) is 1. The van der Waals surface area contributed by atoms with Gasteiger partial charge in [0.15, 0.2) is 11.6 Å². The van der Waals surface area contributed by atoms with E-state index in [1.54, 1.807) is 37.5 Å². The maximum absolute atomic E-state index is 13.4. The molecule has 1 heterocycles. The molecule has 1 aromatic carbocycles. The summed E-state index contributed by atoms with van der Waals surface area (Å²) in [5.41, 5.74) is 0. The molecule has 0 aliphatic rings. The molecule has 0 saturated heterocycles. The molecule has 0 bridgehead atoms. The third kappa shape index (κ3) is 4.95. The van der Waals surface area contributed by atoms with Crippen molar-refractivity contribution in [2.75, 3.05) is 6.54 Å². The minimum Gasteiger partial charge on any atom is -0.486 e. The van der Waals surface area contributed by atoms with Gasteiger partial charge in [-0.2, -0.15) is 0 Å². The number of hydrogen-bond donors (Lipinski definition) is 1. The van der Waals surface area contributed by atoms with E-state index >= 15 is 0 Å². The Balaban J connectivity index is 1.70. The zero-order chi connectivity index (χ0) is 15.1. The van der Waals surface area contributed by atoms with Crippen molar-refractivity contribution in [2.45, 2.75) is 25.9 Å². The summed E-state index contributed by atoms with van der Waals surface area (Å²) in [5.74, 6) is 0.472. The lowest BCUT2D eigenvalue weighted by atomic mass is 10.2. The Labute approximate surface area is 122 Å². The Hall–Kier alpha value is -2.30. The standard InChI is InChI=1S/C16H18FNO3/c1-12(21-15-7-3-2-6-14(15)17)11-18-16(19)9-8-13-5-4-10-20-13/h2-7,10,12H,8-9,11H2,1H3,(H,18,19)/t12-/m1/s1. The number of furan rings is 1. The molecule has 0 radical (unpaired) electrons. The van der Waals surface area contributed by atoms with Crippen LogP contribution in [0, 0.1) is 5.82 Å². The number of aryl methyl sites for hydroxylation is 1. The second-order valence-corrected chi connectivity index (χ2v) is 4.74. The molecule has 2 rings (SSSR count). The fourth-order valence-electron chi connectivity index (χ4n) is 1.84. The number of ether oxygens (including phenoxy) is 1. The number of carbonyl (C=O) groups is 1. The molecule has 21 heavy (non-hydrogen) atoms. The lowest BCUT2D eigenvalue weighted by Crippen LogP contribution is -2.33. The largest absolute Gasteiger partial charge is 0.486 e. The van der Waals surface area contributed by atoms with Crippen molar-refractivity contribution in [3.63, 3.8) is 0 Å². The molecular weight excluding hydrogens is 273 g/mol. The first-order valence-electron chi connectivity index (χ1n) is 6.85. The summed E-state index contributed by atoms with van der Waals surface area (Å²) in [6, 6.07) is 9.82. The highest BCUT2D eigenvalue weighted by atomic mass is 19.1. The molecule has 0 unspecified atom stereocenters. The molecule has 2 aromatic rings. The van der Waals surface area contributed by atoms with E-state index in [1.165, 1.54) is 6.07 Å². The van der Waals surface area contributed by atoms with Crippen LogP contribution in [0.5, 0.6) is 5.75 Å². The van der Waals surface area contributed by atoms with Gasteiger partial charge in [-0.15, -0.1) is 0 Å². The summed E-state index contributed by atoms with van der Waals surface area (Å²) in [6.07, 6.45) is 2.17. The molecule has 0 spiro atoms. The summed E-state index contributed by atoms with van der Waals surface area (Å²) in [5, 5.41) is 2.76. The number of hydrogen-bond acceptors (Lipinski definition) is 3. The summed E-state index contributed by atoms with van der Waals surface area (Å²) >= 11 is 0. The van der Waals surface area contributed by atoms with E-state index in [-0.39, 0.29) is 17.8 Å². The smallest absolute Gasteiger partial charge is 0.220 e. The van der Waals surface area contributed by atoms with Crippen LogP contribution in [-0.2, 0) is 11.2 Å². The first-order valence-corrected chi connectivity index (χ1v) is 6.85. The molecule has 1 N–H and O–H groups in total. The van der Waals surface area contributed by atoms with Gasteiger partial charge in [0.2, 0.25) is 5.91 Å². The first-order chi connectivity index (χ1) is 10.1. The Morgan fingerprint density at radius 3 is 2.86 bits per heavy atom. The Morgan fingerprint density at radius 1 is 1.33 bits per heavy atom. The molecule has 0 saturated carbocycles. The zero-order valence-corrected chi connectivity index (χ0v) is 11.8. The minimum atomic E-state index is -0.409. The van der Waals surface area contributed by atoms with Gasteiger partial charge in [-0.1, -0.05) is 12.1 Å². The minimum absolute atomic E-state index is 0.0876. The van der Waals surface area contributed by atoms with Crippen LogP contribution in [0.25, 0.3) is 0 Å². The van der Waals surface area contributed by atoms with Crippen LogP contribution < -0.4 is 10.1 Å². The number of halogens is 1. The first kappa shape index (κ1) is 15.1. The number of amides is 1. The van der Waals surface area contributed by atoms with Crippen LogP contribution in [0.3, 0.4) is 0 Å². The molecule has 0 aliphatic heterocycles. The van der Waals surface area contributed by atoms with Gasteiger partial charge in [0, 0.05) is 12.8 Å². The van der Waals surface area contributed by atoms with E-state index < -0.39 is 5.82 Å². The predicted octanol–water partition coefficient (Wildman–Crippen LogP) is 2.94. The van der Waals surface area contributed by atoms with Gasteiger partial charge in [0.25, 0.3) is 0 Å². The Kier molecular flexibility index (Phi) is 5.37. The van der Waals surface area contributed by atoms with E-state index in [1.807, 2.05) is 6.07 Å². The predicted molar refractivity (Wildman–Crippen MR) is 76.5 cm³/mol. The summed E-state index contributed by atoms with van der Waals surface area (Å²) in [7, 11) is 0. The topological polar surface area (TPSA) is 51.5 Å². The fraction of sp³-hybridized carbons (Fsp3) is 0.312. The van der Waals surface area contributed by atoms with Crippen molar-refractivity contribution in [1.29, 1.82) is 0 Å². The SMILES string of the molecule is C[C@H](CNC(=O)CCc1ccco1)Oc1ccccc1F. The second kappa shape index (κ2) is 7.47. The van der Waals surface area contributed by atoms with Crippen LogP contribution in [0.15, 0.2) is 47.1 Å². The van der Waals surface area contributed by atoms with Gasteiger partial charge in [-0.3, -0.25) is 4.79 Å². The maximum atomic E-state index is 13.4. The van der Waals surface area contributed by atoms with Gasteiger partial charge < -0.3 is 14.5 Å². The van der Waals surface area contributed by atoms with Crippen molar-refractivity contribution in [3.05, 3.63) is 54.2 Å². The molecular formula is C16H18FNO3. The van der Waals surface area contributed by atoms with Crippen LogP contribution in [0.2, 0.25) is 0 Å². The molecule has 1 amide bonds. The number of rotatable bonds is 7. The summed E-state index contributed by atoms with van der Waals surface area (Å²) in [6.45, 7) is 2.10. The normalized spacial score (nSPS) is 11.9.